The normalized spacial score (nSPS) is 10.6. The summed E-state index contributed by atoms with van der Waals surface area (Å²) in [5.41, 5.74) is 1.85. The second kappa shape index (κ2) is 5.97. The van der Waals surface area contributed by atoms with Gasteiger partial charge in [-0.25, -0.2) is 0 Å². The zero-order chi connectivity index (χ0) is 14.7. The molecule has 0 N–H and O–H groups in total. The topological polar surface area (TPSA) is 48.2 Å². The van der Waals surface area contributed by atoms with E-state index in [9.17, 15) is 0 Å². The third kappa shape index (κ3) is 3.23. The van der Waals surface area contributed by atoms with Crippen LogP contribution in [-0.4, -0.2) is 10.2 Å². The van der Waals surface area contributed by atoms with E-state index in [-0.39, 0.29) is 6.61 Å². The van der Waals surface area contributed by atoms with Gasteiger partial charge < -0.3 is 9.15 Å². The standard InChI is InChI=1S/C16H13ClN2O2/c1-11-5-4-6-12(9-11)20-10-15-18-19-16(21-15)13-7-2-3-8-14(13)17/h2-9H,10H2,1H3. The summed E-state index contributed by atoms with van der Waals surface area (Å²) in [5, 5.41) is 8.54. The van der Waals surface area contributed by atoms with E-state index in [1.807, 2.05) is 49.4 Å². The second-order valence-corrected chi connectivity index (χ2v) is 4.99. The summed E-state index contributed by atoms with van der Waals surface area (Å²) in [7, 11) is 0. The Hall–Kier alpha value is -2.33. The van der Waals surface area contributed by atoms with Crippen molar-refractivity contribution >= 4 is 11.6 Å². The molecule has 106 valence electrons. The molecule has 0 amide bonds. The van der Waals surface area contributed by atoms with Crippen LogP contribution in [-0.2, 0) is 6.61 Å². The van der Waals surface area contributed by atoms with Crippen molar-refractivity contribution < 1.29 is 9.15 Å². The fourth-order valence-corrected chi connectivity index (χ4v) is 2.12. The van der Waals surface area contributed by atoms with Gasteiger partial charge in [-0.05, 0) is 36.8 Å². The zero-order valence-electron chi connectivity index (χ0n) is 11.4. The molecule has 5 heteroatoms. The molecule has 0 aliphatic heterocycles. The van der Waals surface area contributed by atoms with Crippen molar-refractivity contribution in [2.75, 3.05) is 0 Å². The molecule has 0 aliphatic rings. The summed E-state index contributed by atoms with van der Waals surface area (Å²) in [6.45, 7) is 2.23. The van der Waals surface area contributed by atoms with E-state index >= 15 is 0 Å². The van der Waals surface area contributed by atoms with E-state index in [2.05, 4.69) is 10.2 Å². The summed E-state index contributed by atoms with van der Waals surface area (Å²) in [6, 6.07) is 15.1. The summed E-state index contributed by atoms with van der Waals surface area (Å²) < 4.78 is 11.2. The molecule has 3 aromatic rings. The van der Waals surface area contributed by atoms with E-state index in [1.165, 1.54) is 0 Å². The predicted octanol–water partition coefficient (Wildman–Crippen LogP) is 4.28. The van der Waals surface area contributed by atoms with Crippen LogP contribution in [0.1, 0.15) is 11.5 Å². The van der Waals surface area contributed by atoms with Crippen LogP contribution in [0.15, 0.2) is 52.9 Å². The first kappa shape index (κ1) is 13.6. The average molecular weight is 301 g/mol. The molecule has 0 saturated carbocycles. The van der Waals surface area contributed by atoms with Crippen LogP contribution in [0.2, 0.25) is 5.02 Å². The van der Waals surface area contributed by atoms with Crippen molar-refractivity contribution in [1.82, 2.24) is 10.2 Å². The van der Waals surface area contributed by atoms with Crippen molar-refractivity contribution in [2.24, 2.45) is 0 Å². The average Bonchev–Trinajstić information content (AvgIpc) is 2.94. The maximum Gasteiger partial charge on any atom is 0.254 e. The SMILES string of the molecule is Cc1cccc(OCc2nnc(-c3ccccc3Cl)o2)c1. The number of ether oxygens (including phenoxy) is 1. The maximum atomic E-state index is 6.10. The Labute approximate surface area is 127 Å². The van der Waals surface area contributed by atoms with Gasteiger partial charge in [0.1, 0.15) is 5.75 Å². The molecule has 0 bridgehead atoms. The van der Waals surface area contributed by atoms with E-state index in [0.29, 0.717) is 22.4 Å². The first-order valence-electron chi connectivity index (χ1n) is 6.49. The molecule has 4 nitrogen and oxygen atoms in total. The first-order valence-corrected chi connectivity index (χ1v) is 6.87. The van der Waals surface area contributed by atoms with Crippen LogP contribution in [0, 0.1) is 6.92 Å². The van der Waals surface area contributed by atoms with Crippen LogP contribution in [0.5, 0.6) is 5.75 Å². The van der Waals surface area contributed by atoms with Crippen LogP contribution in [0.4, 0.5) is 0 Å². The molecule has 1 aromatic heterocycles. The van der Waals surface area contributed by atoms with Crippen molar-refractivity contribution in [1.29, 1.82) is 0 Å². The molecule has 0 fully saturated rings. The monoisotopic (exact) mass is 300 g/mol. The van der Waals surface area contributed by atoms with Crippen LogP contribution in [0.3, 0.4) is 0 Å². The molecule has 1 heterocycles. The van der Waals surface area contributed by atoms with Gasteiger partial charge in [0.05, 0.1) is 10.6 Å². The number of halogens is 1. The fourth-order valence-electron chi connectivity index (χ4n) is 1.91. The Kier molecular flexibility index (Phi) is 3.88. The minimum Gasteiger partial charge on any atom is -0.484 e. The smallest absolute Gasteiger partial charge is 0.254 e. The molecular formula is C16H13ClN2O2. The van der Waals surface area contributed by atoms with Crippen molar-refractivity contribution in [3.05, 3.63) is 65.0 Å². The van der Waals surface area contributed by atoms with Gasteiger partial charge in [-0.3, -0.25) is 0 Å². The Bertz CT molecular complexity index is 755. The van der Waals surface area contributed by atoms with Crippen LogP contribution in [0.25, 0.3) is 11.5 Å². The van der Waals surface area contributed by atoms with Crippen LogP contribution >= 0.6 is 11.6 Å². The molecule has 0 atom stereocenters. The quantitative estimate of drug-likeness (QED) is 0.721. The predicted molar refractivity (Wildman–Crippen MR) is 80.3 cm³/mol. The largest absolute Gasteiger partial charge is 0.484 e. The lowest BCUT2D eigenvalue weighted by molar-refractivity contribution is 0.264. The van der Waals surface area contributed by atoms with Crippen molar-refractivity contribution in [2.45, 2.75) is 13.5 Å². The van der Waals surface area contributed by atoms with Gasteiger partial charge in [-0.1, -0.05) is 35.9 Å². The molecular weight excluding hydrogens is 288 g/mol. The first-order chi connectivity index (χ1) is 10.2. The number of aromatic nitrogens is 2. The van der Waals surface area contributed by atoms with E-state index in [1.54, 1.807) is 6.07 Å². The molecule has 3 rings (SSSR count). The van der Waals surface area contributed by atoms with Gasteiger partial charge >= 0.3 is 0 Å². The Morgan fingerprint density at radius 2 is 1.95 bits per heavy atom. The summed E-state index contributed by atoms with van der Waals surface area (Å²) >= 11 is 6.10. The number of benzene rings is 2. The zero-order valence-corrected chi connectivity index (χ0v) is 12.2. The van der Waals surface area contributed by atoms with Gasteiger partial charge in [-0.15, -0.1) is 10.2 Å². The number of rotatable bonds is 4. The third-order valence-corrected chi connectivity index (χ3v) is 3.25. The van der Waals surface area contributed by atoms with Gasteiger partial charge in [0.15, 0.2) is 6.61 Å². The number of hydrogen-bond donors (Lipinski definition) is 0. The van der Waals surface area contributed by atoms with E-state index < -0.39 is 0 Å². The van der Waals surface area contributed by atoms with Gasteiger partial charge in [0, 0.05) is 0 Å². The molecule has 2 aromatic carbocycles. The lowest BCUT2D eigenvalue weighted by Crippen LogP contribution is -1.95. The highest BCUT2D eigenvalue weighted by Crippen LogP contribution is 2.26. The molecule has 0 unspecified atom stereocenters. The maximum absolute atomic E-state index is 6.10. The lowest BCUT2D eigenvalue weighted by atomic mass is 10.2. The minimum atomic E-state index is 0.223. The van der Waals surface area contributed by atoms with Crippen LogP contribution < -0.4 is 4.74 Å². The fraction of sp³-hybridized carbons (Fsp3) is 0.125. The van der Waals surface area contributed by atoms with Gasteiger partial charge in [0.2, 0.25) is 5.89 Å². The second-order valence-electron chi connectivity index (χ2n) is 4.59. The Morgan fingerprint density at radius 1 is 1.10 bits per heavy atom. The highest BCUT2D eigenvalue weighted by atomic mass is 35.5. The van der Waals surface area contributed by atoms with Gasteiger partial charge in [-0.2, -0.15) is 0 Å². The highest BCUT2D eigenvalue weighted by Gasteiger charge is 2.11. The number of aryl methyl sites for hydroxylation is 1. The summed E-state index contributed by atoms with van der Waals surface area (Å²) in [4.78, 5) is 0. The van der Waals surface area contributed by atoms with Crippen molar-refractivity contribution in [3.63, 3.8) is 0 Å². The Balaban J connectivity index is 1.72. The molecule has 0 spiro atoms. The summed E-state index contributed by atoms with van der Waals surface area (Å²) in [5.74, 6) is 1.57. The number of hydrogen-bond acceptors (Lipinski definition) is 4. The molecule has 0 aliphatic carbocycles. The molecule has 21 heavy (non-hydrogen) atoms. The van der Waals surface area contributed by atoms with Crippen molar-refractivity contribution in [3.8, 4) is 17.2 Å². The van der Waals surface area contributed by atoms with Gasteiger partial charge in [0.25, 0.3) is 5.89 Å². The lowest BCUT2D eigenvalue weighted by Gasteiger charge is -2.03. The van der Waals surface area contributed by atoms with E-state index in [4.69, 9.17) is 20.8 Å². The minimum absolute atomic E-state index is 0.223. The highest BCUT2D eigenvalue weighted by molar-refractivity contribution is 6.33. The number of nitrogens with zero attached hydrogens (tertiary/aromatic N) is 2. The molecule has 0 saturated heterocycles. The Morgan fingerprint density at radius 3 is 2.76 bits per heavy atom. The summed E-state index contributed by atoms with van der Waals surface area (Å²) in [6.07, 6.45) is 0. The van der Waals surface area contributed by atoms with E-state index in [0.717, 1.165) is 11.3 Å². The third-order valence-electron chi connectivity index (χ3n) is 2.92. The molecule has 0 radical (unpaired) electrons.